The van der Waals surface area contributed by atoms with E-state index in [0.29, 0.717) is 11.3 Å². The fourth-order valence-electron chi connectivity index (χ4n) is 2.10. The van der Waals surface area contributed by atoms with E-state index in [1.54, 1.807) is 25.7 Å². The number of pyridine rings is 1. The lowest BCUT2D eigenvalue weighted by atomic mass is 9.92. The van der Waals surface area contributed by atoms with Crippen LogP contribution in [0.1, 0.15) is 12.8 Å². The molecule has 2 aromatic rings. The van der Waals surface area contributed by atoms with E-state index < -0.39 is 0 Å². The molecule has 1 fully saturated rings. The zero-order valence-electron chi connectivity index (χ0n) is 10.5. The average Bonchev–Trinajstić information content (AvgIpc) is 2.86. The number of methoxy groups -OCH3 is 1. The Labute approximate surface area is 116 Å². The van der Waals surface area contributed by atoms with E-state index in [0.717, 1.165) is 29.8 Å². The van der Waals surface area contributed by atoms with Gasteiger partial charge in [-0.2, -0.15) is 0 Å². The quantitative estimate of drug-likeness (QED) is 0.803. The molecule has 19 heavy (non-hydrogen) atoms. The van der Waals surface area contributed by atoms with Crippen molar-refractivity contribution in [1.29, 1.82) is 0 Å². The number of hydrogen-bond donors (Lipinski definition) is 0. The molecule has 0 amide bonds. The number of nitrogens with zero attached hydrogens (tertiary/aromatic N) is 1. The van der Waals surface area contributed by atoms with Gasteiger partial charge < -0.3 is 13.9 Å². The second-order valence-electron chi connectivity index (χ2n) is 4.59. The predicted octanol–water partition coefficient (Wildman–Crippen LogP) is 3.55. The van der Waals surface area contributed by atoms with Crippen molar-refractivity contribution >= 4 is 11.6 Å². The van der Waals surface area contributed by atoms with Gasteiger partial charge in [-0.05, 0) is 6.07 Å². The maximum atomic E-state index is 6.02. The van der Waals surface area contributed by atoms with Gasteiger partial charge in [0.05, 0.1) is 24.3 Å². The highest BCUT2D eigenvalue weighted by Gasteiger charge is 2.30. The third kappa shape index (κ3) is 2.74. The highest BCUT2D eigenvalue weighted by molar-refractivity contribution is 6.29. The SMILES string of the molecule is COC1CC(Oc2cc(Cl)nc(-c3ccoc3)c2)C1. The molecule has 1 saturated carbocycles. The fourth-order valence-corrected chi connectivity index (χ4v) is 2.30. The molecule has 0 N–H and O–H groups in total. The van der Waals surface area contributed by atoms with Crippen LogP contribution in [0.2, 0.25) is 5.15 Å². The summed E-state index contributed by atoms with van der Waals surface area (Å²) in [6.45, 7) is 0. The first kappa shape index (κ1) is 12.5. The Bertz CT molecular complexity index is 550. The molecule has 2 aromatic heterocycles. The Morgan fingerprint density at radius 1 is 1.32 bits per heavy atom. The number of aromatic nitrogens is 1. The summed E-state index contributed by atoms with van der Waals surface area (Å²) in [7, 11) is 1.72. The van der Waals surface area contributed by atoms with E-state index in [-0.39, 0.29) is 6.10 Å². The maximum absolute atomic E-state index is 6.02. The van der Waals surface area contributed by atoms with Gasteiger partial charge in [-0.25, -0.2) is 4.98 Å². The molecule has 0 unspecified atom stereocenters. The molecule has 4 nitrogen and oxygen atoms in total. The smallest absolute Gasteiger partial charge is 0.133 e. The molecule has 1 aliphatic rings. The van der Waals surface area contributed by atoms with Crippen LogP contribution in [0.4, 0.5) is 0 Å². The van der Waals surface area contributed by atoms with Crippen molar-refractivity contribution in [2.75, 3.05) is 7.11 Å². The first-order chi connectivity index (χ1) is 9.24. The van der Waals surface area contributed by atoms with Crippen LogP contribution < -0.4 is 4.74 Å². The van der Waals surface area contributed by atoms with Crippen LogP contribution >= 0.6 is 11.6 Å². The van der Waals surface area contributed by atoms with Gasteiger partial charge in [0.2, 0.25) is 0 Å². The Morgan fingerprint density at radius 3 is 2.84 bits per heavy atom. The van der Waals surface area contributed by atoms with Gasteiger partial charge in [0.1, 0.15) is 17.0 Å². The van der Waals surface area contributed by atoms with E-state index in [9.17, 15) is 0 Å². The van der Waals surface area contributed by atoms with Gasteiger partial charge in [0, 0.05) is 37.6 Å². The first-order valence-corrected chi connectivity index (χ1v) is 6.52. The van der Waals surface area contributed by atoms with E-state index in [1.165, 1.54) is 0 Å². The number of ether oxygens (including phenoxy) is 2. The molecule has 0 bridgehead atoms. The zero-order valence-corrected chi connectivity index (χ0v) is 11.3. The Balaban J connectivity index is 1.75. The van der Waals surface area contributed by atoms with Crippen LogP contribution in [-0.4, -0.2) is 24.3 Å². The molecule has 0 aliphatic heterocycles. The second-order valence-corrected chi connectivity index (χ2v) is 4.98. The van der Waals surface area contributed by atoms with Crippen molar-refractivity contribution in [3.8, 4) is 17.0 Å². The number of hydrogen-bond acceptors (Lipinski definition) is 4. The fraction of sp³-hybridized carbons (Fsp3) is 0.357. The molecule has 0 spiro atoms. The van der Waals surface area contributed by atoms with Gasteiger partial charge in [-0.1, -0.05) is 11.6 Å². The van der Waals surface area contributed by atoms with Crippen LogP contribution in [0.5, 0.6) is 5.75 Å². The standard InChI is InChI=1S/C14H14ClNO3/c1-17-10-4-11(5-10)19-12-6-13(16-14(15)7-12)9-2-3-18-8-9/h2-3,6-8,10-11H,4-5H2,1H3. The lowest BCUT2D eigenvalue weighted by molar-refractivity contribution is -0.0381. The average molecular weight is 280 g/mol. The highest BCUT2D eigenvalue weighted by atomic mass is 35.5. The van der Waals surface area contributed by atoms with Gasteiger partial charge in [0.15, 0.2) is 0 Å². The molecule has 0 saturated heterocycles. The van der Waals surface area contributed by atoms with Crippen LogP contribution in [0, 0.1) is 0 Å². The summed E-state index contributed by atoms with van der Waals surface area (Å²) in [5, 5.41) is 0.413. The molecule has 0 radical (unpaired) electrons. The van der Waals surface area contributed by atoms with Crippen molar-refractivity contribution in [2.45, 2.75) is 25.0 Å². The molecule has 3 rings (SSSR count). The van der Waals surface area contributed by atoms with Gasteiger partial charge >= 0.3 is 0 Å². The Kier molecular flexibility index (Phi) is 3.44. The largest absolute Gasteiger partial charge is 0.490 e. The van der Waals surface area contributed by atoms with E-state index in [4.69, 9.17) is 25.5 Å². The molecule has 2 heterocycles. The molecule has 5 heteroatoms. The second kappa shape index (κ2) is 5.23. The lowest BCUT2D eigenvalue weighted by Crippen LogP contribution is -2.38. The van der Waals surface area contributed by atoms with Crippen LogP contribution in [0.25, 0.3) is 11.3 Å². The van der Waals surface area contributed by atoms with Crippen molar-refractivity contribution in [3.63, 3.8) is 0 Å². The minimum atomic E-state index is 0.195. The summed E-state index contributed by atoms with van der Waals surface area (Å²) in [6, 6.07) is 5.44. The molecular weight excluding hydrogens is 266 g/mol. The summed E-state index contributed by atoms with van der Waals surface area (Å²) < 4.78 is 16.1. The minimum absolute atomic E-state index is 0.195. The van der Waals surface area contributed by atoms with Crippen LogP contribution in [-0.2, 0) is 4.74 Å². The number of halogens is 1. The van der Waals surface area contributed by atoms with Crippen molar-refractivity contribution in [2.24, 2.45) is 0 Å². The third-order valence-electron chi connectivity index (χ3n) is 3.27. The number of rotatable bonds is 4. The number of furan rings is 1. The normalized spacial score (nSPS) is 22.0. The van der Waals surface area contributed by atoms with E-state index in [2.05, 4.69) is 4.98 Å². The van der Waals surface area contributed by atoms with Gasteiger partial charge in [0.25, 0.3) is 0 Å². The third-order valence-corrected chi connectivity index (χ3v) is 3.47. The summed E-state index contributed by atoms with van der Waals surface area (Å²) >= 11 is 6.02. The van der Waals surface area contributed by atoms with Crippen molar-refractivity contribution in [3.05, 3.63) is 35.9 Å². The molecular formula is C14H14ClNO3. The maximum Gasteiger partial charge on any atom is 0.133 e. The van der Waals surface area contributed by atoms with E-state index >= 15 is 0 Å². The van der Waals surface area contributed by atoms with Crippen LogP contribution in [0.3, 0.4) is 0 Å². The topological polar surface area (TPSA) is 44.5 Å². The summed E-state index contributed by atoms with van der Waals surface area (Å²) in [5.74, 6) is 0.732. The molecule has 0 atom stereocenters. The lowest BCUT2D eigenvalue weighted by Gasteiger charge is -2.34. The Hall–Kier alpha value is -1.52. The summed E-state index contributed by atoms with van der Waals surface area (Å²) in [6.07, 6.45) is 5.58. The van der Waals surface area contributed by atoms with Crippen LogP contribution in [0.15, 0.2) is 35.1 Å². The monoisotopic (exact) mass is 279 g/mol. The molecule has 100 valence electrons. The van der Waals surface area contributed by atoms with Crippen molar-refractivity contribution < 1.29 is 13.9 Å². The predicted molar refractivity (Wildman–Crippen MR) is 71.4 cm³/mol. The Morgan fingerprint density at radius 2 is 2.16 bits per heavy atom. The van der Waals surface area contributed by atoms with Crippen molar-refractivity contribution in [1.82, 2.24) is 4.98 Å². The minimum Gasteiger partial charge on any atom is -0.490 e. The molecule has 1 aliphatic carbocycles. The van der Waals surface area contributed by atoms with Gasteiger partial charge in [-0.15, -0.1) is 0 Å². The highest BCUT2D eigenvalue weighted by Crippen LogP contribution is 2.31. The molecule has 0 aromatic carbocycles. The van der Waals surface area contributed by atoms with E-state index in [1.807, 2.05) is 12.1 Å². The first-order valence-electron chi connectivity index (χ1n) is 6.14. The zero-order chi connectivity index (χ0) is 13.2. The van der Waals surface area contributed by atoms with Gasteiger partial charge in [-0.3, -0.25) is 0 Å². The summed E-state index contributed by atoms with van der Waals surface area (Å²) in [5.41, 5.74) is 1.63. The summed E-state index contributed by atoms with van der Waals surface area (Å²) in [4.78, 5) is 4.26.